The molecule has 0 spiro atoms. The van der Waals surface area contributed by atoms with Gasteiger partial charge in [0, 0.05) is 5.92 Å². The van der Waals surface area contributed by atoms with Crippen LogP contribution in [0.25, 0.3) is 0 Å². The first kappa shape index (κ1) is 11.6. The standard InChI is InChI=1S/C13H20O3/c1-5-16-11(15)9-10(14)8-6-7-13(9,4)12(8,2)3/h8-9H,5-7H2,1-4H3/t8?,9?,13-/m1/s1. The molecular weight excluding hydrogens is 204 g/mol. The topological polar surface area (TPSA) is 43.4 Å². The summed E-state index contributed by atoms with van der Waals surface area (Å²) in [7, 11) is 0. The third-order valence-corrected chi connectivity index (χ3v) is 5.08. The average molecular weight is 224 g/mol. The van der Waals surface area contributed by atoms with Crippen LogP contribution in [0.4, 0.5) is 0 Å². The van der Waals surface area contributed by atoms with Crippen molar-refractivity contribution in [1.82, 2.24) is 0 Å². The number of hydrogen-bond donors (Lipinski definition) is 0. The van der Waals surface area contributed by atoms with Crippen molar-refractivity contribution in [3.63, 3.8) is 0 Å². The van der Waals surface area contributed by atoms with Crippen LogP contribution in [0.3, 0.4) is 0 Å². The lowest BCUT2D eigenvalue weighted by Crippen LogP contribution is -2.39. The molecule has 2 aliphatic rings. The molecule has 0 aromatic heterocycles. The van der Waals surface area contributed by atoms with E-state index in [1.165, 1.54) is 0 Å². The molecule has 3 nitrogen and oxygen atoms in total. The van der Waals surface area contributed by atoms with E-state index in [0.29, 0.717) is 6.61 Å². The number of hydrogen-bond acceptors (Lipinski definition) is 3. The Kier molecular flexibility index (Phi) is 2.41. The molecule has 2 bridgehead atoms. The normalized spacial score (nSPS) is 40.1. The monoisotopic (exact) mass is 224 g/mol. The third-order valence-electron chi connectivity index (χ3n) is 5.08. The molecule has 2 saturated carbocycles. The van der Waals surface area contributed by atoms with Crippen LogP contribution in [-0.4, -0.2) is 18.4 Å². The summed E-state index contributed by atoms with van der Waals surface area (Å²) in [5, 5.41) is 0. The number of carbonyl (C=O) groups is 2. The molecular formula is C13H20O3. The maximum Gasteiger partial charge on any atom is 0.317 e. The largest absolute Gasteiger partial charge is 0.465 e. The number of Topliss-reactive ketones (excluding diaryl/α,β-unsaturated/α-hetero) is 1. The van der Waals surface area contributed by atoms with Crippen molar-refractivity contribution in [3.05, 3.63) is 0 Å². The van der Waals surface area contributed by atoms with Crippen molar-refractivity contribution < 1.29 is 14.3 Å². The van der Waals surface area contributed by atoms with Crippen molar-refractivity contribution in [1.29, 1.82) is 0 Å². The number of carbonyl (C=O) groups excluding carboxylic acids is 2. The minimum Gasteiger partial charge on any atom is -0.465 e. The molecule has 2 aliphatic carbocycles. The fraction of sp³-hybridized carbons (Fsp3) is 0.846. The van der Waals surface area contributed by atoms with Crippen LogP contribution >= 0.6 is 0 Å². The molecule has 0 aromatic rings. The first-order valence-corrected chi connectivity index (χ1v) is 6.06. The number of esters is 1. The molecule has 0 heterocycles. The van der Waals surface area contributed by atoms with E-state index in [1.54, 1.807) is 6.92 Å². The Bertz CT molecular complexity index is 345. The fourth-order valence-corrected chi connectivity index (χ4v) is 3.66. The van der Waals surface area contributed by atoms with Gasteiger partial charge in [-0.1, -0.05) is 20.8 Å². The minimum absolute atomic E-state index is 0.0481. The number of fused-ring (bicyclic) bond motifs is 2. The summed E-state index contributed by atoms with van der Waals surface area (Å²) in [6.45, 7) is 8.43. The lowest BCUT2D eigenvalue weighted by molar-refractivity contribution is -0.156. The first-order chi connectivity index (χ1) is 7.36. The Morgan fingerprint density at radius 2 is 2.06 bits per heavy atom. The van der Waals surface area contributed by atoms with Crippen LogP contribution in [0.15, 0.2) is 0 Å². The molecule has 90 valence electrons. The fourth-order valence-electron chi connectivity index (χ4n) is 3.66. The van der Waals surface area contributed by atoms with E-state index in [2.05, 4.69) is 20.8 Å². The summed E-state index contributed by atoms with van der Waals surface area (Å²) >= 11 is 0. The second-order valence-electron chi connectivity index (χ2n) is 5.82. The van der Waals surface area contributed by atoms with E-state index in [4.69, 9.17) is 4.74 Å². The molecule has 0 N–H and O–H groups in total. The summed E-state index contributed by atoms with van der Waals surface area (Å²) in [5.74, 6) is -0.685. The quantitative estimate of drug-likeness (QED) is 0.533. The van der Waals surface area contributed by atoms with Crippen molar-refractivity contribution in [2.75, 3.05) is 6.61 Å². The predicted molar refractivity (Wildman–Crippen MR) is 59.7 cm³/mol. The zero-order chi connectivity index (χ0) is 12.1. The molecule has 2 fully saturated rings. The van der Waals surface area contributed by atoms with Gasteiger partial charge in [0.1, 0.15) is 5.92 Å². The van der Waals surface area contributed by atoms with E-state index in [0.717, 1.165) is 12.8 Å². The van der Waals surface area contributed by atoms with Gasteiger partial charge in [-0.15, -0.1) is 0 Å². The van der Waals surface area contributed by atoms with Crippen molar-refractivity contribution in [2.24, 2.45) is 22.7 Å². The SMILES string of the molecule is CCOC(=O)C1C(=O)C2CC[C@@]1(C)C2(C)C. The van der Waals surface area contributed by atoms with Gasteiger partial charge in [0.15, 0.2) is 5.78 Å². The van der Waals surface area contributed by atoms with Gasteiger partial charge >= 0.3 is 5.97 Å². The van der Waals surface area contributed by atoms with Gasteiger partial charge in [-0.05, 0) is 30.6 Å². The first-order valence-electron chi connectivity index (χ1n) is 6.06. The van der Waals surface area contributed by atoms with Gasteiger partial charge < -0.3 is 4.74 Å². The maximum atomic E-state index is 12.2. The van der Waals surface area contributed by atoms with Crippen molar-refractivity contribution >= 4 is 11.8 Å². The molecule has 0 amide bonds. The number of ketones is 1. The Labute approximate surface area is 96.5 Å². The van der Waals surface area contributed by atoms with Crippen molar-refractivity contribution in [3.8, 4) is 0 Å². The molecule has 0 saturated heterocycles. The van der Waals surface area contributed by atoms with E-state index >= 15 is 0 Å². The van der Waals surface area contributed by atoms with E-state index < -0.39 is 5.92 Å². The summed E-state index contributed by atoms with van der Waals surface area (Å²) in [5.41, 5.74) is -0.275. The van der Waals surface area contributed by atoms with Gasteiger partial charge in [0.2, 0.25) is 0 Å². The van der Waals surface area contributed by atoms with Crippen LogP contribution in [0, 0.1) is 22.7 Å². The summed E-state index contributed by atoms with van der Waals surface area (Å²) < 4.78 is 5.05. The van der Waals surface area contributed by atoms with Crippen LogP contribution in [0.5, 0.6) is 0 Å². The van der Waals surface area contributed by atoms with Gasteiger partial charge in [-0.3, -0.25) is 9.59 Å². The van der Waals surface area contributed by atoms with E-state index in [1.807, 2.05) is 0 Å². The van der Waals surface area contributed by atoms with Gasteiger partial charge in [0.25, 0.3) is 0 Å². The average Bonchev–Trinajstić information content (AvgIpc) is 2.46. The van der Waals surface area contributed by atoms with Gasteiger partial charge in [0.05, 0.1) is 6.61 Å². The van der Waals surface area contributed by atoms with Crippen molar-refractivity contribution in [2.45, 2.75) is 40.5 Å². The summed E-state index contributed by atoms with van der Waals surface area (Å²) in [6, 6.07) is 0. The zero-order valence-corrected chi connectivity index (χ0v) is 10.5. The predicted octanol–water partition coefficient (Wildman–Crippen LogP) is 2.19. The molecule has 0 radical (unpaired) electrons. The molecule has 3 heteroatoms. The Hall–Kier alpha value is -0.860. The summed E-state index contributed by atoms with van der Waals surface area (Å²) in [6.07, 6.45) is 1.89. The highest BCUT2D eigenvalue weighted by Gasteiger charge is 2.68. The van der Waals surface area contributed by atoms with E-state index in [9.17, 15) is 9.59 Å². The molecule has 3 atom stereocenters. The maximum absolute atomic E-state index is 12.2. The lowest BCUT2D eigenvalue weighted by Gasteiger charge is -2.36. The lowest BCUT2D eigenvalue weighted by atomic mass is 9.66. The number of rotatable bonds is 2. The van der Waals surface area contributed by atoms with Gasteiger partial charge in [-0.25, -0.2) is 0 Å². The Morgan fingerprint density at radius 1 is 1.44 bits per heavy atom. The van der Waals surface area contributed by atoms with Crippen LogP contribution < -0.4 is 0 Å². The molecule has 2 unspecified atom stereocenters. The molecule has 2 rings (SSSR count). The highest BCUT2D eigenvalue weighted by Crippen LogP contribution is 2.66. The zero-order valence-electron chi connectivity index (χ0n) is 10.5. The molecule has 0 aliphatic heterocycles. The Morgan fingerprint density at radius 3 is 2.50 bits per heavy atom. The molecule has 16 heavy (non-hydrogen) atoms. The number of ether oxygens (including phenoxy) is 1. The highest BCUT2D eigenvalue weighted by atomic mass is 16.5. The highest BCUT2D eigenvalue weighted by molar-refractivity contribution is 6.04. The van der Waals surface area contributed by atoms with Crippen LogP contribution in [-0.2, 0) is 14.3 Å². The second kappa shape index (κ2) is 3.31. The van der Waals surface area contributed by atoms with E-state index in [-0.39, 0.29) is 28.5 Å². The van der Waals surface area contributed by atoms with Crippen LogP contribution in [0.2, 0.25) is 0 Å². The smallest absolute Gasteiger partial charge is 0.317 e. The Balaban J connectivity index is 2.36. The van der Waals surface area contributed by atoms with Gasteiger partial charge in [-0.2, -0.15) is 0 Å². The summed E-state index contributed by atoms with van der Waals surface area (Å²) in [4.78, 5) is 24.1. The van der Waals surface area contributed by atoms with Crippen LogP contribution in [0.1, 0.15) is 40.5 Å². The molecule has 0 aromatic carbocycles. The minimum atomic E-state index is -0.527. The second-order valence-corrected chi connectivity index (χ2v) is 5.82. The third kappa shape index (κ3) is 1.14.